The van der Waals surface area contributed by atoms with E-state index in [1.807, 2.05) is 13.8 Å². The third-order valence-electron chi connectivity index (χ3n) is 4.12. The molecular formula is C14H27N3O2. The molecule has 5 nitrogen and oxygen atoms in total. The van der Waals surface area contributed by atoms with E-state index in [0.29, 0.717) is 12.5 Å². The second-order valence-corrected chi connectivity index (χ2v) is 6.28. The summed E-state index contributed by atoms with van der Waals surface area (Å²) >= 11 is 0. The number of rotatable bonds is 4. The summed E-state index contributed by atoms with van der Waals surface area (Å²) in [5.74, 6) is 0.0894. The van der Waals surface area contributed by atoms with Crippen molar-refractivity contribution in [2.75, 3.05) is 13.6 Å². The highest BCUT2D eigenvalue weighted by Gasteiger charge is 2.35. The lowest BCUT2D eigenvalue weighted by atomic mass is 9.76. The van der Waals surface area contributed by atoms with Crippen LogP contribution in [0.25, 0.3) is 0 Å². The summed E-state index contributed by atoms with van der Waals surface area (Å²) in [5, 5.41) is 5.50. The van der Waals surface area contributed by atoms with Crippen molar-refractivity contribution in [3.63, 3.8) is 0 Å². The Labute approximate surface area is 115 Å². The highest BCUT2D eigenvalue weighted by molar-refractivity contribution is 5.84. The number of carbonyl (C=O) groups excluding carboxylic acids is 2. The van der Waals surface area contributed by atoms with Crippen molar-refractivity contribution in [3.05, 3.63) is 0 Å². The molecule has 3 atom stereocenters. The van der Waals surface area contributed by atoms with Crippen LogP contribution in [0.2, 0.25) is 0 Å². The van der Waals surface area contributed by atoms with Crippen LogP contribution < -0.4 is 16.4 Å². The molecule has 1 rings (SSSR count). The molecule has 0 heterocycles. The molecule has 1 saturated carbocycles. The maximum absolute atomic E-state index is 12.3. The number of nitrogens with one attached hydrogen (secondary N) is 2. The standard InChI is InChI=1S/C14H27N3O2/c1-9-6-5-7-10(15)11(9)12(18)17-8-14(2,3)13(19)16-4/h9-11H,5-8,15H2,1-4H3,(H,16,19)(H,17,18). The average molecular weight is 269 g/mol. The van der Waals surface area contributed by atoms with Crippen LogP contribution in [0.3, 0.4) is 0 Å². The van der Waals surface area contributed by atoms with Gasteiger partial charge in [0.2, 0.25) is 11.8 Å². The summed E-state index contributed by atoms with van der Waals surface area (Å²) in [4.78, 5) is 23.9. The first-order valence-corrected chi connectivity index (χ1v) is 7.05. The molecule has 1 fully saturated rings. The van der Waals surface area contributed by atoms with Crippen LogP contribution in [0.15, 0.2) is 0 Å². The van der Waals surface area contributed by atoms with Crippen LogP contribution in [0, 0.1) is 17.3 Å². The van der Waals surface area contributed by atoms with Gasteiger partial charge in [-0.1, -0.05) is 13.3 Å². The highest BCUT2D eigenvalue weighted by Crippen LogP contribution is 2.29. The smallest absolute Gasteiger partial charge is 0.227 e. The lowest BCUT2D eigenvalue weighted by Gasteiger charge is -2.34. The van der Waals surface area contributed by atoms with Crippen LogP contribution in [-0.4, -0.2) is 31.4 Å². The normalized spacial score (nSPS) is 27.7. The summed E-state index contributed by atoms with van der Waals surface area (Å²) in [5.41, 5.74) is 5.45. The third-order valence-corrected chi connectivity index (χ3v) is 4.12. The molecule has 1 aliphatic carbocycles. The van der Waals surface area contributed by atoms with Gasteiger partial charge in [-0.15, -0.1) is 0 Å². The van der Waals surface area contributed by atoms with E-state index in [0.717, 1.165) is 19.3 Å². The largest absolute Gasteiger partial charge is 0.359 e. The lowest BCUT2D eigenvalue weighted by Crippen LogP contribution is -2.50. The van der Waals surface area contributed by atoms with Crippen molar-refractivity contribution in [2.24, 2.45) is 23.0 Å². The predicted molar refractivity (Wildman–Crippen MR) is 75.3 cm³/mol. The Morgan fingerprint density at radius 1 is 1.32 bits per heavy atom. The van der Waals surface area contributed by atoms with Crippen molar-refractivity contribution in [3.8, 4) is 0 Å². The Hall–Kier alpha value is -1.10. The SMILES string of the molecule is CNC(=O)C(C)(C)CNC(=O)C1C(C)CCCC1N. The van der Waals surface area contributed by atoms with Crippen LogP contribution in [-0.2, 0) is 9.59 Å². The molecular weight excluding hydrogens is 242 g/mol. The molecule has 0 radical (unpaired) electrons. The Balaban J connectivity index is 2.57. The molecule has 0 aromatic heterocycles. The van der Waals surface area contributed by atoms with Crippen molar-refractivity contribution >= 4 is 11.8 Å². The van der Waals surface area contributed by atoms with Gasteiger partial charge in [0.25, 0.3) is 0 Å². The Kier molecular flexibility index (Phi) is 5.35. The second-order valence-electron chi connectivity index (χ2n) is 6.28. The highest BCUT2D eigenvalue weighted by atomic mass is 16.2. The van der Waals surface area contributed by atoms with Gasteiger partial charge in [-0.2, -0.15) is 0 Å². The van der Waals surface area contributed by atoms with E-state index in [1.165, 1.54) is 0 Å². The molecule has 0 aromatic rings. The zero-order chi connectivity index (χ0) is 14.6. The van der Waals surface area contributed by atoms with Gasteiger partial charge in [-0.25, -0.2) is 0 Å². The van der Waals surface area contributed by atoms with Gasteiger partial charge in [0.15, 0.2) is 0 Å². The minimum absolute atomic E-state index is 0.0170. The van der Waals surface area contributed by atoms with Gasteiger partial charge in [-0.3, -0.25) is 9.59 Å². The van der Waals surface area contributed by atoms with Gasteiger partial charge in [0.05, 0.1) is 11.3 Å². The van der Waals surface area contributed by atoms with Crippen molar-refractivity contribution in [1.82, 2.24) is 10.6 Å². The van der Waals surface area contributed by atoms with Gasteiger partial charge < -0.3 is 16.4 Å². The Morgan fingerprint density at radius 3 is 2.47 bits per heavy atom. The Morgan fingerprint density at radius 2 is 1.95 bits per heavy atom. The second kappa shape index (κ2) is 6.37. The minimum Gasteiger partial charge on any atom is -0.359 e. The maximum Gasteiger partial charge on any atom is 0.227 e. The predicted octanol–water partition coefficient (Wildman–Crippen LogP) is 0.638. The van der Waals surface area contributed by atoms with Gasteiger partial charge in [0, 0.05) is 19.6 Å². The Bertz CT molecular complexity index is 332. The number of nitrogens with two attached hydrogens (primary N) is 1. The zero-order valence-corrected chi connectivity index (χ0v) is 12.5. The van der Waals surface area contributed by atoms with Crippen LogP contribution in [0.4, 0.5) is 0 Å². The monoisotopic (exact) mass is 269 g/mol. The van der Waals surface area contributed by atoms with Gasteiger partial charge >= 0.3 is 0 Å². The van der Waals surface area contributed by atoms with Crippen molar-refractivity contribution < 1.29 is 9.59 Å². The van der Waals surface area contributed by atoms with Crippen LogP contribution >= 0.6 is 0 Å². The van der Waals surface area contributed by atoms with E-state index in [2.05, 4.69) is 17.6 Å². The fourth-order valence-electron chi connectivity index (χ4n) is 2.75. The molecule has 0 spiro atoms. The summed E-state index contributed by atoms with van der Waals surface area (Å²) < 4.78 is 0. The molecule has 1 aliphatic rings. The topological polar surface area (TPSA) is 84.2 Å². The lowest BCUT2D eigenvalue weighted by molar-refractivity contribution is -0.131. The van der Waals surface area contributed by atoms with E-state index in [1.54, 1.807) is 7.05 Å². The number of amides is 2. The molecule has 4 N–H and O–H groups in total. The molecule has 2 amide bonds. The van der Waals surface area contributed by atoms with Crippen LogP contribution in [0.1, 0.15) is 40.0 Å². The third kappa shape index (κ3) is 3.93. The summed E-state index contributed by atoms with van der Waals surface area (Å²) in [7, 11) is 1.60. The van der Waals surface area contributed by atoms with E-state index in [-0.39, 0.29) is 23.8 Å². The molecule has 5 heteroatoms. The van der Waals surface area contributed by atoms with E-state index in [4.69, 9.17) is 5.73 Å². The van der Waals surface area contributed by atoms with Crippen molar-refractivity contribution in [1.29, 1.82) is 0 Å². The first-order valence-electron chi connectivity index (χ1n) is 7.05. The van der Waals surface area contributed by atoms with Crippen molar-refractivity contribution in [2.45, 2.75) is 46.1 Å². The number of hydrogen-bond acceptors (Lipinski definition) is 3. The van der Waals surface area contributed by atoms with Gasteiger partial charge in [-0.05, 0) is 32.6 Å². The molecule has 0 aromatic carbocycles. The fourth-order valence-corrected chi connectivity index (χ4v) is 2.75. The molecule has 0 bridgehead atoms. The summed E-state index contributed by atoms with van der Waals surface area (Å²) in [6.45, 7) is 6.04. The van der Waals surface area contributed by atoms with Crippen LogP contribution in [0.5, 0.6) is 0 Å². The zero-order valence-electron chi connectivity index (χ0n) is 12.5. The number of hydrogen-bond donors (Lipinski definition) is 3. The molecule has 0 aliphatic heterocycles. The van der Waals surface area contributed by atoms with E-state index >= 15 is 0 Å². The molecule has 110 valence electrons. The molecule has 19 heavy (non-hydrogen) atoms. The average Bonchev–Trinajstić information content (AvgIpc) is 2.35. The van der Waals surface area contributed by atoms with E-state index in [9.17, 15) is 9.59 Å². The quantitative estimate of drug-likeness (QED) is 0.700. The summed E-state index contributed by atoms with van der Waals surface area (Å²) in [6, 6.07) is -0.0631. The maximum atomic E-state index is 12.3. The van der Waals surface area contributed by atoms with E-state index < -0.39 is 5.41 Å². The minimum atomic E-state index is -0.605. The fraction of sp³-hybridized carbons (Fsp3) is 0.857. The summed E-state index contributed by atoms with van der Waals surface area (Å²) in [6.07, 6.45) is 3.04. The first kappa shape index (κ1) is 16.0. The van der Waals surface area contributed by atoms with Gasteiger partial charge in [0.1, 0.15) is 0 Å². The molecule has 3 unspecified atom stereocenters. The first-order chi connectivity index (χ1) is 8.79. The molecule has 0 saturated heterocycles. The number of carbonyl (C=O) groups is 2.